The minimum Gasteiger partial charge on any atom is -0.444 e. The molecular weight excluding hydrogens is 362 g/mol. The molecule has 0 spiro atoms. The Morgan fingerprint density at radius 2 is 2.22 bits per heavy atom. The third-order valence-corrected chi connectivity index (χ3v) is 4.13. The molecule has 2 rings (SSSR count). The number of carbonyl (C=O) groups is 1. The van der Waals surface area contributed by atoms with Crippen LogP contribution in [0.2, 0.25) is 0 Å². The number of nitrogen functional groups attached to an aromatic ring is 1. The van der Waals surface area contributed by atoms with E-state index in [4.69, 9.17) is 10.5 Å². The number of anilines is 2. The first-order valence-corrected chi connectivity index (χ1v) is 8.40. The summed E-state index contributed by atoms with van der Waals surface area (Å²) in [5, 5.41) is 12.4. The quantitative estimate of drug-likeness (QED) is 0.695. The SMILES string of the molecule is CC(C)(C)NC(=O)O[C@H]1C[C@@H](CO)N(c2cc(Br)ccc2N)C1. The molecule has 7 heteroatoms. The number of amides is 1. The first-order chi connectivity index (χ1) is 10.7. The minimum atomic E-state index is -0.441. The van der Waals surface area contributed by atoms with Gasteiger partial charge in [0.15, 0.2) is 0 Å². The van der Waals surface area contributed by atoms with Crippen molar-refractivity contribution in [2.45, 2.75) is 44.9 Å². The van der Waals surface area contributed by atoms with Gasteiger partial charge in [0.05, 0.1) is 30.6 Å². The van der Waals surface area contributed by atoms with Crippen LogP contribution in [0.3, 0.4) is 0 Å². The van der Waals surface area contributed by atoms with E-state index < -0.39 is 6.09 Å². The monoisotopic (exact) mass is 385 g/mol. The van der Waals surface area contributed by atoms with Gasteiger partial charge in [-0.1, -0.05) is 15.9 Å². The van der Waals surface area contributed by atoms with Gasteiger partial charge in [-0.2, -0.15) is 0 Å². The number of nitrogens with zero attached hydrogens (tertiary/aromatic N) is 1. The molecule has 0 unspecified atom stereocenters. The molecule has 1 aliphatic heterocycles. The van der Waals surface area contributed by atoms with Crippen molar-refractivity contribution in [3.8, 4) is 0 Å². The number of nitrogens with two attached hydrogens (primary N) is 1. The first-order valence-electron chi connectivity index (χ1n) is 7.61. The molecule has 0 aliphatic carbocycles. The molecule has 4 N–H and O–H groups in total. The van der Waals surface area contributed by atoms with Crippen molar-refractivity contribution in [3.05, 3.63) is 22.7 Å². The maximum atomic E-state index is 11.9. The predicted molar refractivity (Wildman–Crippen MR) is 94.5 cm³/mol. The number of halogens is 1. The predicted octanol–water partition coefficient (Wildman–Crippen LogP) is 2.50. The second-order valence-electron chi connectivity index (χ2n) is 6.83. The maximum Gasteiger partial charge on any atom is 0.407 e. The normalized spacial score (nSPS) is 21.3. The molecule has 0 saturated carbocycles. The highest BCUT2D eigenvalue weighted by Crippen LogP contribution is 2.33. The molecule has 128 valence electrons. The van der Waals surface area contributed by atoms with Crippen molar-refractivity contribution < 1.29 is 14.6 Å². The number of ether oxygens (including phenoxy) is 1. The Kier molecular flexibility index (Phi) is 5.41. The van der Waals surface area contributed by atoms with Gasteiger partial charge in [-0.05, 0) is 39.0 Å². The maximum absolute atomic E-state index is 11.9. The van der Waals surface area contributed by atoms with Crippen LogP contribution in [0.4, 0.5) is 16.2 Å². The van der Waals surface area contributed by atoms with E-state index in [2.05, 4.69) is 21.2 Å². The van der Waals surface area contributed by atoms with Crippen LogP contribution in [0.15, 0.2) is 22.7 Å². The summed E-state index contributed by atoms with van der Waals surface area (Å²) in [6.45, 7) is 6.17. The van der Waals surface area contributed by atoms with Gasteiger partial charge in [0.25, 0.3) is 0 Å². The van der Waals surface area contributed by atoms with Gasteiger partial charge in [-0.15, -0.1) is 0 Å². The lowest BCUT2D eigenvalue weighted by Crippen LogP contribution is -2.42. The Balaban J connectivity index is 2.08. The molecule has 23 heavy (non-hydrogen) atoms. The smallest absolute Gasteiger partial charge is 0.407 e. The molecule has 1 fully saturated rings. The summed E-state index contributed by atoms with van der Waals surface area (Å²) in [6, 6.07) is 5.47. The number of carbonyl (C=O) groups excluding carboxylic acids is 1. The summed E-state index contributed by atoms with van der Waals surface area (Å²) in [5.41, 5.74) is 7.17. The molecular formula is C16H24BrN3O3. The molecule has 0 aromatic heterocycles. The number of aliphatic hydroxyl groups is 1. The van der Waals surface area contributed by atoms with Gasteiger partial charge in [0.2, 0.25) is 0 Å². The Hall–Kier alpha value is -1.47. The highest BCUT2D eigenvalue weighted by molar-refractivity contribution is 9.10. The second kappa shape index (κ2) is 6.97. The fourth-order valence-corrected chi connectivity index (χ4v) is 3.03. The Bertz CT molecular complexity index is 574. The number of alkyl carbamates (subject to hydrolysis) is 1. The van der Waals surface area contributed by atoms with E-state index in [1.807, 2.05) is 43.9 Å². The van der Waals surface area contributed by atoms with Crippen molar-refractivity contribution in [1.82, 2.24) is 5.32 Å². The average Bonchev–Trinajstić information content (AvgIpc) is 2.82. The standard InChI is InChI=1S/C16H24BrN3O3/c1-16(2,3)19-15(22)23-12-7-11(9-21)20(8-12)14-6-10(17)4-5-13(14)18/h4-6,11-12,21H,7-9,18H2,1-3H3,(H,19,22)/t11-,12-/m0/s1. The fourth-order valence-electron chi connectivity index (χ4n) is 2.68. The van der Waals surface area contributed by atoms with E-state index in [1.54, 1.807) is 0 Å². The Morgan fingerprint density at radius 3 is 2.83 bits per heavy atom. The van der Waals surface area contributed by atoms with E-state index in [0.29, 0.717) is 18.7 Å². The summed E-state index contributed by atoms with van der Waals surface area (Å²) < 4.78 is 6.40. The molecule has 1 saturated heterocycles. The van der Waals surface area contributed by atoms with Crippen molar-refractivity contribution in [3.63, 3.8) is 0 Å². The van der Waals surface area contributed by atoms with E-state index in [1.165, 1.54) is 0 Å². The summed E-state index contributed by atoms with van der Waals surface area (Å²) in [6.07, 6.45) is -0.156. The largest absolute Gasteiger partial charge is 0.444 e. The van der Waals surface area contributed by atoms with Crippen LogP contribution in [0.5, 0.6) is 0 Å². The fraction of sp³-hybridized carbons (Fsp3) is 0.562. The van der Waals surface area contributed by atoms with Crippen LogP contribution in [0.1, 0.15) is 27.2 Å². The number of nitrogens with one attached hydrogen (secondary N) is 1. The van der Waals surface area contributed by atoms with E-state index in [9.17, 15) is 9.90 Å². The molecule has 1 aliphatic rings. The molecule has 0 bridgehead atoms. The second-order valence-corrected chi connectivity index (χ2v) is 7.75. The van der Waals surface area contributed by atoms with Gasteiger partial charge in [0.1, 0.15) is 6.10 Å². The summed E-state index contributed by atoms with van der Waals surface area (Å²) in [5.74, 6) is 0. The zero-order valence-corrected chi connectivity index (χ0v) is 15.3. The van der Waals surface area contributed by atoms with Crippen LogP contribution in [0, 0.1) is 0 Å². The van der Waals surface area contributed by atoms with E-state index in [0.717, 1.165) is 10.2 Å². The first kappa shape index (κ1) is 17.9. The summed E-state index contributed by atoms with van der Waals surface area (Å²) >= 11 is 3.43. The van der Waals surface area contributed by atoms with E-state index in [-0.39, 0.29) is 24.3 Å². The molecule has 1 aromatic rings. The van der Waals surface area contributed by atoms with Crippen molar-refractivity contribution in [2.75, 3.05) is 23.8 Å². The van der Waals surface area contributed by atoms with Crippen LogP contribution in [-0.4, -0.2) is 42.0 Å². The van der Waals surface area contributed by atoms with Crippen LogP contribution < -0.4 is 16.0 Å². The highest BCUT2D eigenvalue weighted by atomic mass is 79.9. The Morgan fingerprint density at radius 1 is 1.52 bits per heavy atom. The van der Waals surface area contributed by atoms with Crippen LogP contribution in [0.25, 0.3) is 0 Å². The minimum absolute atomic E-state index is 0.0211. The summed E-state index contributed by atoms with van der Waals surface area (Å²) in [4.78, 5) is 13.9. The van der Waals surface area contributed by atoms with Gasteiger partial charge in [0, 0.05) is 16.4 Å². The lowest BCUT2D eigenvalue weighted by molar-refractivity contribution is 0.0980. The molecule has 1 amide bonds. The highest BCUT2D eigenvalue weighted by Gasteiger charge is 2.35. The van der Waals surface area contributed by atoms with Gasteiger partial charge < -0.3 is 25.8 Å². The lowest BCUT2D eigenvalue weighted by atomic mass is 10.1. The summed E-state index contributed by atoms with van der Waals surface area (Å²) in [7, 11) is 0. The van der Waals surface area contributed by atoms with Crippen molar-refractivity contribution in [1.29, 1.82) is 0 Å². The van der Waals surface area contributed by atoms with Crippen molar-refractivity contribution in [2.24, 2.45) is 0 Å². The van der Waals surface area contributed by atoms with Gasteiger partial charge in [-0.25, -0.2) is 4.79 Å². The van der Waals surface area contributed by atoms with Crippen molar-refractivity contribution >= 4 is 33.4 Å². The molecule has 2 atom stereocenters. The number of benzene rings is 1. The number of rotatable bonds is 3. The van der Waals surface area contributed by atoms with Gasteiger partial charge in [-0.3, -0.25) is 0 Å². The average molecular weight is 386 g/mol. The number of hydrogen-bond acceptors (Lipinski definition) is 5. The molecule has 0 radical (unpaired) electrons. The molecule has 1 heterocycles. The Labute approximate surface area is 145 Å². The number of hydrogen-bond donors (Lipinski definition) is 3. The molecule has 6 nitrogen and oxygen atoms in total. The topological polar surface area (TPSA) is 87.8 Å². The zero-order chi connectivity index (χ0) is 17.2. The lowest BCUT2D eigenvalue weighted by Gasteiger charge is -2.26. The van der Waals surface area contributed by atoms with Crippen LogP contribution >= 0.6 is 15.9 Å². The number of aliphatic hydroxyl groups excluding tert-OH is 1. The van der Waals surface area contributed by atoms with E-state index >= 15 is 0 Å². The van der Waals surface area contributed by atoms with Gasteiger partial charge >= 0.3 is 6.09 Å². The molecule has 1 aromatic carbocycles. The third-order valence-electron chi connectivity index (χ3n) is 3.64. The zero-order valence-electron chi connectivity index (χ0n) is 13.7. The van der Waals surface area contributed by atoms with Crippen LogP contribution in [-0.2, 0) is 4.74 Å². The third kappa shape index (κ3) is 4.75.